The maximum atomic E-state index is 12.0. The van der Waals surface area contributed by atoms with Crippen LogP contribution in [-0.2, 0) is 9.53 Å². The van der Waals surface area contributed by atoms with Gasteiger partial charge in [0.25, 0.3) is 0 Å². The van der Waals surface area contributed by atoms with Gasteiger partial charge in [0.15, 0.2) is 5.96 Å². The number of esters is 1. The van der Waals surface area contributed by atoms with E-state index in [2.05, 4.69) is 20.6 Å². The molecule has 0 aliphatic heterocycles. The highest BCUT2D eigenvalue weighted by molar-refractivity contribution is 14.0. The number of aliphatic imine (C=N–C) groups is 1. The van der Waals surface area contributed by atoms with Crippen molar-refractivity contribution in [3.8, 4) is 0 Å². The predicted octanol–water partition coefficient (Wildman–Crippen LogP) is 2.87. The van der Waals surface area contributed by atoms with Crippen LogP contribution in [0.4, 0.5) is 0 Å². The lowest BCUT2D eigenvalue weighted by Gasteiger charge is -2.20. The van der Waals surface area contributed by atoms with E-state index < -0.39 is 0 Å². The Hall–Kier alpha value is -1.43. The first-order chi connectivity index (χ1) is 13.3. The smallest absolute Gasteiger partial charge is 0.350 e. The number of hydrogen-bond donors (Lipinski definition) is 2. The zero-order valence-corrected chi connectivity index (χ0v) is 20.9. The molecule has 1 atom stereocenters. The van der Waals surface area contributed by atoms with Crippen molar-refractivity contribution < 1.29 is 14.3 Å². The summed E-state index contributed by atoms with van der Waals surface area (Å²) in [4.78, 5) is 35.0. The fourth-order valence-corrected chi connectivity index (χ4v) is 3.90. The third-order valence-corrected chi connectivity index (χ3v) is 5.89. The van der Waals surface area contributed by atoms with Crippen LogP contribution < -0.4 is 10.6 Å². The van der Waals surface area contributed by atoms with Gasteiger partial charge in [-0.05, 0) is 33.6 Å². The summed E-state index contributed by atoms with van der Waals surface area (Å²) in [5.41, 5.74) is 0.664. The van der Waals surface area contributed by atoms with Crippen LogP contribution in [0.2, 0.25) is 0 Å². The van der Waals surface area contributed by atoms with Gasteiger partial charge in [-0.3, -0.25) is 4.79 Å². The Labute approximate surface area is 193 Å². The van der Waals surface area contributed by atoms with E-state index in [1.54, 1.807) is 27.9 Å². The summed E-state index contributed by atoms with van der Waals surface area (Å²) in [5.74, 6) is 0.195. The Kier molecular flexibility index (Phi) is 10.9. The molecule has 1 aromatic rings. The van der Waals surface area contributed by atoms with E-state index in [0.717, 1.165) is 17.8 Å². The van der Waals surface area contributed by atoms with Crippen molar-refractivity contribution in [1.82, 2.24) is 20.5 Å². The Bertz CT molecular complexity index is 717. The van der Waals surface area contributed by atoms with Gasteiger partial charge in [-0.15, -0.1) is 35.3 Å². The first kappa shape index (κ1) is 25.6. The van der Waals surface area contributed by atoms with Crippen LogP contribution in [0.25, 0.3) is 0 Å². The molecule has 1 aliphatic carbocycles. The van der Waals surface area contributed by atoms with Gasteiger partial charge < -0.3 is 20.3 Å². The number of ether oxygens (including phenoxy) is 1. The molecular weight excluding hydrogens is 505 g/mol. The van der Waals surface area contributed by atoms with Gasteiger partial charge in [-0.1, -0.05) is 12.8 Å². The van der Waals surface area contributed by atoms with Crippen molar-refractivity contribution >= 4 is 53.1 Å². The monoisotopic (exact) mass is 537 g/mol. The second-order valence-electron chi connectivity index (χ2n) is 7.13. The normalized spacial score (nSPS) is 15.4. The minimum Gasteiger partial charge on any atom is -0.462 e. The zero-order chi connectivity index (χ0) is 20.7. The van der Waals surface area contributed by atoms with Gasteiger partial charge in [-0.2, -0.15) is 0 Å². The van der Waals surface area contributed by atoms with E-state index in [4.69, 9.17) is 4.74 Å². The molecule has 1 unspecified atom stereocenters. The molecule has 10 heteroatoms. The zero-order valence-electron chi connectivity index (χ0n) is 17.8. The molecule has 1 heterocycles. The van der Waals surface area contributed by atoms with Crippen molar-refractivity contribution in [3.63, 3.8) is 0 Å². The lowest BCUT2D eigenvalue weighted by atomic mass is 10.2. The Balaban J connectivity index is 0.00000420. The average Bonchev–Trinajstić information content (AvgIpc) is 3.28. The summed E-state index contributed by atoms with van der Waals surface area (Å²) in [5, 5.41) is 7.54. The lowest BCUT2D eigenvalue weighted by Crippen LogP contribution is -2.44. The van der Waals surface area contributed by atoms with Crippen LogP contribution in [0.15, 0.2) is 4.99 Å². The number of guanidine groups is 1. The van der Waals surface area contributed by atoms with Crippen LogP contribution in [0.1, 0.15) is 65.9 Å². The van der Waals surface area contributed by atoms with E-state index in [9.17, 15) is 9.59 Å². The summed E-state index contributed by atoms with van der Waals surface area (Å²) in [6.45, 7) is 5.97. The molecule has 2 rings (SSSR count). The maximum Gasteiger partial charge on any atom is 0.350 e. The Morgan fingerprint density at radius 3 is 2.59 bits per heavy atom. The summed E-state index contributed by atoms with van der Waals surface area (Å²) >= 11 is 1.32. The van der Waals surface area contributed by atoms with Gasteiger partial charge in [0, 0.05) is 20.1 Å². The van der Waals surface area contributed by atoms with Crippen molar-refractivity contribution in [2.45, 2.75) is 58.5 Å². The van der Waals surface area contributed by atoms with Gasteiger partial charge in [0.05, 0.1) is 18.3 Å². The molecule has 0 bridgehead atoms. The van der Waals surface area contributed by atoms with Gasteiger partial charge >= 0.3 is 5.97 Å². The van der Waals surface area contributed by atoms with Crippen molar-refractivity contribution in [2.75, 3.05) is 27.2 Å². The maximum absolute atomic E-state index is 12.0. The largest absolute Gasteiger partial charge is 0.462 e. The molecule has 164 valence electrons. The first-order valence-corrected chi connectivity index (χ1v) is 10.6. The minimum absolute atomic E-state index is 0. The molecule has 1 amide bonds. The van der Waals surface area contributed by atoms with Crippen molar-refractivity contribution in [1.29, 1.82) is 0 Å². The predicted molar refractivity (Wildman–Crippen MR) is 126 cm³/mol. The highest BCUT2D eigenvalue weighted by Gasteiger charge is 2.22. The number of carbonyl (C=O) groups excluding carboxylic acids is 2. The van der Waals surface area contributed by atoms with Crippen LogP contribution in [0, 0.1) is 6.92 Å². The number of amides is 1. The summed E-state index contributed by atoms with van der Waals surface area (Å²) in [6, 6.07) is 0.204. The number of carbonyl (C=O) groups is 2. The van der Waals surface area contributed by atoms with Crippen LogP contribution in [0.3, 0.4) is 0 Å². The fourth-order valence-electron chi connectivity index (χ4n) is 2.94. The topological polar surface area (TPSA) is 95.9 Å². The van der Waals surface area contributed by atoms with E-state index in [1.807, 2.05) is 6.92 Å². The second-order valence-corrected chi connectivity index (χ2v) is 8.16. The SMILES string of the molecule is CCOC(=O)c1sc(C(C)NC(=NCC(=O)N(C)C)NC2CCCC2)nc1C.I. The Morgan fingerprint density at radius 1 is 1.34 bits per heavy atom. The molecule has 0 saturated heterocycles. The highest BCUT2D eigenvalue weighted by Crippen LogP contribution is 2.24. The molecular formula is C19H32IN5O3S. The van der Waals surface area contributed by atoms with E-state index >= 15 is 0 Å². The number of hydrogen-bond acceptors (Lipinski definition) is 6. The third kappa shape index (κ3) is 7.72. The number of nitrogens with zero attached hydrogens (tertiary/aromatic N) is 3. The number of rotatable bonds is 7. The van der Waals surface area contributed by atoms with Crippen LogP contribution in [0.5, 0.6) is 0 Å². The van der Waals surface area contributed by atoms with Crippen molar-refractivity contribution in [3.05, 3.63) is 15.6 Å². The standard InChI is InChI=1S/C19H31N5O3S.HI/c1-6-27-18(26)16-12(2)21-17(28-16)13(3)22-19(20-11-15(25)24(4)5)23-14-9-7-8-10-14;/h13-14H,6-11H2,1-5H3,(H2,20,22,23);1H. The average molecular weight is 537 g/mol. The molecule has 1 saturated carbocycles. The molecule has 0 spiro atoms. The number of thiazole rings is 1. The summed E-state index contributed by atoms with van der Waals surface area (Å²) in [6.07, 6.45) is 4.59. The lowest BCUT2D eigenvalue weighted by molar-refractivity contribution is -0.127. The molecule has 29 heavy (non-hydrogen) atoms. The summed E-state index contributed by atoms with van der Waals surface area (Å²) in [7, 11) is 3.43. The summed E-state index contributed by atoms with van der Waals surface area (Å²) < 4.78 is 5.09. The molecule has 0 aromatic carbocycles. The van der Waals surface area contributed by atoms with Crippen LogP contribution >= 0.6 is 35.3 Å². The highest BCUT2D eigenvalue weighted by atomic mass is 127. The quantitative estimate of drug-likeness (QED) is 0.241. The van der Waals surface area contributed by atoms with Crippen LogP contribution in [-0.4, -0.2) is 61.0 Å². The van der Waals surface area contributed by atoms with Gasteiger partial charge in [0.1, 0.15) is 16.4 Å². The number of halogens is 1. The number of aromatic nitrogens is 1. The number of nitrogens with one attached hydrogen (secondary N) is 2. The fraction of sp³-hybridized carbons (Fsp3) is 0.684. The second kappa shape index (κ2) is 12.3. The first-order valence-electron chi connectivity index (χ1n) is 9.73. The Morgan fingerprint density at radius 2 is 2.00 bits per heavy atom. The molecule has 2 N–H and O–H groups in total. The molecule has 8 nitrogen and oxygen atoms in total. The van der Waals surface area contributed by atoms with E-state index in [0.29, 0.717) is 29.2 Å². The molecule has 1 fully saturated rings. The van der Waals surface area contributed by atoms with Gasteiger partial charge in [-0.25, -0.2) is 14.8 Å². The molecule has 0 radical (unpaired) electrons. The number of likely N-dealkylation sites (N-methyl/N-ethyl adjacent to an activating group) is 1. The molecule has 1 aromatic heterocycles. The van der Waals surface area contributed by atoms with Crippen molar-refractivity contribution in [2.24, 2.45) is 4.99 Å². The molecule has 1 aliphatic rings. The van der Waals surface area contributed by atoms with Gasteiger partial charge in [0.2, 0.25) is 5.91 Å². The third-order valence-electron chi connectivity index (χ3n) is 4.56. The van der Waals surface area contributed by atoms with E-state index in [1.165, 1.54) is 29.1 Å². The number of aryl methyl sites for hydroxylation is 1. The van der Waals surface area contributed by atoms with E-state index in [-0.39, 0.29) is 48.4 Å². The minimum atomic E-state index is -0.342.